The van der Waals surface area contributed by atoms with Crippen molar-refractivity contribution in [3.63, 3.8) is 0 Å². The molecule has 27 heavy (non-hydrogen) atoms. The fraction of sp³-hybridized carbons (Fsp3) is 0.350. The molecule has 0 aliphatic carbocycles. The van der Waals surface area contributed by atoms with Crippen LogP contribution < -0.4 is 14.7 Å². The number of halogens is 1. The molecule has 0 unspecified atom stereocenters. The van der Waals surface area contributed by atoms with Crippen LogP contribution in [0.2, 0.25) is 0 Å². The number of anilines is 3. The zero-order valence-electron chi connectivity index (χ0n) is 15.9. The van der Waals surface area contributed by atoms with E-state index in [0.717, 1.165) is 48.8 Å². The van der Waals surface area contributed by atoms with Crippen molar-refractivity contribution >= 4 is 28.4 Å². The average molecular weight is 366 g/mol. The zero-order valence-corrected chi connectivity index (χ0v) is 15.9. The monoisotopic (exact) mass is 366 g/mol. The van der Waals surface area contributed by atoms with Crippen molar-refractivity contribution in [3.05, 3.63) is 48.0 Å². The van der Waals surface area contributed by atoms with Gasteiger partial charge in [-0.3, -0.25) is 0 Å². The van der Waals surface area contributed by atoms with Crippen LogP contribution in [0.4, 0.5) is 21.8 Å². The van der Waals surface area contributed by atoms with E-state index in [1.54, 1.807) is 12.3 Å². The minimum atomic E-state index is -0.270. The summed E-state index contributed by atoms with van der Waals surface area (Å²) in [6.07, 6.45) is 1.80. The maximum Gasteiger partial charge on any atom is 0.226 e. The Morgan fingerprint density at radius 3 is 2.48 bits per heavy atom. The maximum absolute atomic E-state index is 14.2. The smallest absolute Gasteiger partial charge is 0.226 e. The van der Waals surface area contributed by atoms with Gasteiger partial charge in [-0.15, -0.1) is 0 Å². The predicted octanol–water partition coefficient (Wildman–Crippen LogP) is 2.86. The molecule has 1 saturated heterocycles. The van der Waals surface area contributed by atoms with E-state index in [2.05, 4.69) is 24.8 Å². The zero-order chi connectivity index (χ0) is 19.0. The van der Waals surface area contributed by atoms with Crippen LogP contribution in [-0.2, 0) is 0 Å². The van der Waals surface area contributed by atoms with E-state index in [1.807, 2.05) is 44.1 Å². The Hall–Kier alpha value is -2.96. The molecule has 0 amide bonds. The van der Waals surface area contributed by atoms with Crippen molar-refractivity contribution in [1.29, 1.82) is 0 Å². The Bertz CT molecular complexity index is 966. The second-order valence-electron chi connectivity index (χ2n) is 7.00. The highest BCUT2D eigenvalue weighted by molar-refractivity contribution is 5.92. The molecule has 2 aromatic heterocycles. The van der Waals surface area contributed by atoms with Crippen LogP contribution in [0, 0.1) is 12.7 Å². The van der Waals surface area contributed by atoms with Crippen LogP contribution in [-0.4, -0.2) is 55.2 Å². The Labute approximate surface area is 158 Å². The summed E-state index contributed by atoms with van der Waals surface area (Å²) in [6, 6.07) is 9.16. The summed E-state index contributed by atoms with van der Waals surface area (Å²) in [5.41, 5.74) is 2.33. The molecular weight excluding hydrogens is 343 g/mol. The summed E-state index contributed by atoms with van der Waals surface area (Å²) >= 11 is 0. The highest BCUT2D eigenvalue weighted by Gasteiger charge is 2.21. The molecule has 1 aromatic carbocycles. The van der Waals surface area contributed by atoms with Crippen LogP contribution in [0.25, 0.3) is 10.9 Å². The topological polar surface area (TPSA) is 48.4 Å². The third kappa shape index (κ3) is 3.37. The first-order valence-corrected chi connectivity index (χ1v) is 9.09. The van der Waals surface area contributed by atoms with Gasteiger partial charge in [0, 0.05) is 63.2 Å². The molecule has 0 N–H and O–H groups in total. The molecular formula is C20H23FN6. The molecule has 0 saturated carbocycles. The summed E-state index contributed by atoms with van der Waals surface area (Å²) in [4.78, 5) is 19.8. The number of benzene rings is 1. The first-order chi connectivity index (χ1) is 13.0. The van der Waals surface area contributed by atoms with Gasteiger partial charge in [-0.2, -0.15) is 4.98 Å². The van der Waals surface area contributed by atoms with Gasteiger partial charge in [0.25, 0.3) is 0 Å². The molecule has 6 nitrogen and oxygen atoms in total. The van der Waals surface area contributed by atoms with Gasteiger partial charge < -0.3 is 14.7 Å². The largest absolute Gasteiger partial charge is 0.367 e. The molecule has 4 rings (SSSR count). The third-order valence-electron chi connectivity index (χ3n) is 4.87. The van der Waals surface area contributed by atoms with E-state index in [-0.39, 0.29) is 5.82 Å². The first-order valence-electron chi connectivity index (χ1n) is 9.09. The van der Waals surface area contributed by atoms with Crippen LogP contribution >= 0.6 is 0 Å². The van der Waals surface area contributed by atoms with Crippen LogP contribution in [0.15, 0.2) is 36.5 Å². The SMILES string of the molecule is Cc1cc(N2CCN(c3ccnc(N(C)C)n3)CC2)c2cccc(F)c2n1. The van der Waals surface area contributed by atoms with Gasteiger partial charge in [0.1, 0.15) is 17.2 Å². The Balaban J connectivity index is 1.57. The minimum absolute atomic E-state index is 0.270. The second kappa shape index (κ2) is 6.98. The molecule has 0 atom stereocenters. The number of piperazine rings is 1. The number of para-hydroxylation sites is 1. The van der Waals surface area contributed by atoms with Crippen molar-refractivity contribution in [2.75, 3.05) is 55.0 Å². The van der Waals surface area contributed by atoms with Crippen molar-refractivity contribution in [1.82, 2.24) is 15.0 Å². The number of hydrogen-bond acceptors (Lipinski definition) is 6. The Kier molecular flexibility index (Phi) is 4.51. The van der Waals surface area contributed by atoms with Crippen LogP contribution in [0.1, 0.15) is 5.69 Å². The van der Waals surface area contributed by atoms with Gasteiger partial charge in [0.15, 0.2) is 0 Å². The summed E-state index contributed by atoms with van der Waals surface area (Å²) in [6.45, 7) is 5.30. The van der Waals surface area contributed by atoms with Gasteiger partial charge in [0.2, 0.25) is 5.95 Å². The molecule has 3 aromatic rings. The molecule has 3 heterocycles. The number of aryl methyl sites for hydroxylation is 1. The van der Waals surface area contributed by atoms with E-state index < -0.39 is 0 Å². The normalized spacial score (nSPS) is 14.7. The van der Waals surface area contributed by atoms with Crippen LogP contribution in [0.5, 0.6) is 0 Å². The first kappa shape index (κ1) is 17.5. The number of pyridine rings is 1. The average Bonchev–Trinajstić information content (AvgIpc) is 2.68. The summed E-state index contributed by atoms with van der Waals surface area (Å²) in [5.74, 6) is 1.38. The summed E-state index contributed by atoms with van der Waals surface area (Å²) < 4.78 is 14.2. The lowest BCUT2D eigenvalue weighted by Crippen LogP contribution is -2.47. The summed E-state index contributed by atoms with van der Waals surface area (Å²) in [5, 5.41) is 0.867. The number of fused-ring (bicyclic) bond motifs is 1. The number of hydrogen-bond donors (Lipinski definition) is 0. The van der Waals surface area contributed by atoms with E-state index in [9.17, 15) is 4.39 Å². The quantitative estimate of drug-likeness (QED) is 0.710. The van der Waals surface area contributed by atoms with Crippen molar-refractivity contribution in [2.45, 2.75) is 6.92 Å². The van der Waals surface area contributed by atoms with Crippen LogP contribution in [0.3, 0.4) is 0 Å². The molecule has 1 aliphatic rings. The fourth-order valence-corrected chi connectivity index (χ4v) is 3.49. The van der Waals surface area contributed by atoms with E-state index >= 15 is 0 Å². The minimum Gasteiger partial charge on any atom is -0.367 e. The second-order valence-corrected chi connectivity index (χ2v) is 7.00. The van der Waals surface area contributed by atoms with Crippen molar-refractivity contribution in [2.24, 2.45) is 0 Å². The van der Waals surface area contributed by atoms with E-state index in [4.69, 9.17) is 0 Å². The predicted molar refractivity (Wildman–Crippen MR) is 107 cm³/mol. The molecule has 0 bridgehead atoms. The van der Waals surface area contributed by atoms with Gasteiger partial charge in [0.05, 0.1) is 0 Å². The summed E-state index contributed by atoms with van der Waals surface area (Å²) in [7, 11) is 3.88. The van der Waals surface area contributed by atoms with Gasteiger partial charge in [-0.05, 0) is 25.1 Å². The van der Waals surface area contributed by atoms with Gasteiger partial charge >= 0.3 is 0 Å². The van der Waals surface area contributed by atoms with Gasteiger partial charge in [-0.1, -0.05) is 12.1 Å². The highest BCUT2D eigenvalue weighted by Crippen LogP contribution is 2.29. The van der Waals surface area contributed by atoms with Gasteiger partial charge in [-0.25, -0.2) is 14.4 Å². The molecule has 7 heteroatoms. The van der Waals surface area contributed by atoms with Crippen molar-refractivity contribution in [3.8, 4) is 0 Å². The standard InChI is InChI=1S/C20H23FN6/c1-14-13-17(15-5-4-6-16(21)19(15)23-14)26-9-11-27(12-10-26)18-7-8-22-20(24-18)25(2)3/h4-8,13H,9-12H2,1-3H3. The molecule has 1 fully saturated rings. The molecule has 1 aliphatic heterocycles. The highest BCUT2D eigenvalue weighted by atomic mass is 19.1. The Morgan fingerprint density at radius 1 is 1.00 bits per heavy atom. The lowest BCUT2D eigenvalue weighted by Gasteiger charge is -2.37. The number of rotatable bonds is 3. The maximum atomic E-state index is 14.2. The molecule has 0 spiro atoms. The van der Waals surface area contributed by atoms with E-state index in [0.29, 0.717) is 11.5 Å². The molecule has 140 valence electrons. The van der Waals surface area contributed by atoms with E-state index in [1.165, 1.54) is 6.07 Å². The Morgan fingerprint density at radius 2 is 1.74 bits per heavy atom. The third-order valence-corrected chi connectivity index (χ3v) is 4.87. The lowest BCUT2D eigenvalue weighted by atomic mass is 10.1. The number of aromatic nitrogens is 3. The number of nitrogens with zero attached hydrogens (tertiary/aromatic N) is 6. The molecule has 0 radical (unpaired) electrons. The van der Waals surface area contributed by atoms with Crippen molar-refractivity contribution < 1.29 is 4.39 Å². The lowest BCUT2D eigenvalue weighted by molar-refractivity contribution is 0.635. The fourth-order valence-electron chi connectivity index (χ4n) is 3.49.